The minimum Gasteiger partial charge on any atom is -0.493 e. The van der Waals surface area contributed by atoms with Crippen molar-refractivity contribution in [2.45, 2.75) is 32.2 Å². The van der Waals surface area contributed by atoms with Crippen molar-refractivity contribution < 1.29 is 14.3 Å². The van der Waals surface area contributed by atoms with E-state index in [2.05, 4.69) is 36.1 Å². The van der Waals surface area contributed by atoms with Gasteiger partial charge in [-0.15, -0.1) is 0 Å². The van der Waals surface area contributed by atoms with E-state index in [0.29, 0.717) is 24.5 Å². The lowest BCUT2D eigenvalue weighted by molar-refractivity contribution is -0.134. The Balaban J connectivity index is 1.64. The lowest BCUT2D eigenvalue weighted by Crippen LogP contribution is -2.36. The molecule has 30 heavy (non-hydrogen) atoms. The van der Waals surface area contributed by atoms with E-state index in [1.54, 1.807) is 19.2 Å². The first-order chi connectivity index (χ1) is 14.6. The molecular weight excluding hydrogens is 378 g/mol. The molecule has 0 aromatic heterocycles. The molecule has 6 nitrogen and oxygen atoms in total. The molecule has 1 atom stereocenters. The molecule has 2 aromatic rings. The average molecular weight is 408 g/mol. The van der Waals surface area contributed by atoms with E-state index < -0.39 is 0 Å². The van der Waals surface area contributed by atoms with Crippen LogP contribution in [-0.2, 0) is 4.79 Å². The molecule has 1 unspecified atom stereocenters. The quantitative estimate of drug-likeness (QED) is 0.731. The molecule has 6 heteroatoms. The van der Waals surface area contributed by atoms with Gasteiger partial charge in [0, 0.05) is 12.0 Å². The Bertz CT molecular complexity index is 933. The molecule has 1 amide bonds. The van der Waals surface area contributed by atoms with Crippen LogP contribution in [0.2, 0.25) is 0 Å². The van der Waals surface area contributed by atoms with E-state index in [1.165, 1.54) is 5.56 Å². The lowest BCUT2D eigenvalue weighted by Gasteiger charge is -2.24. The van der Waals surface area contributed by atoms with Crippen molar-refractivity contribution in [3.8, 4) is 11.5 Å². The van der Waals surface area contributed by atoms with E-state index in [1.807, 2.05) is 18.2 Å². The van der Waals surface area contributed by atoms with E-state index in [4.69, 9.17) is 14.6 Å². The zero-order valence-electron chi connectivity index (χ0n) is 17.9. The smallest absolute Gasteiger partial charge is 0.257 e. The predicted octanol–water partition coefficient (Wildman–Crippen LogP) is 3.79. The second-order valence-electron chi connectivity index (χ2n) is 7.97. The molecule has 0 spiro atoms. The van der Waals surface area contributed by atoms with Crippen LogP contribution in [0.1, 0.15) is 42.0 Å². The first kappa shape index (κ1) is 20.4. The molecule has 0 radical (unpaired) electrons. The van der Waals surface area contributed by atoms with Crippen LogP contribution in [0.5, 0.6) is 11.5 Å². The number of hydrogen-bond acceptors (Lipinski definition) is 5. The number of methoxy groups -OCH3 is 2. The Morgan fingerprint density at radius 3 is 2.40 bits per heavy atom. The van der Waals surface area contributed by atoms with Gasteiger partial charge in [-0.3, -0.25) is 9.69 Å². The summed E-state index contributed by atoms with van der Waals surface area (Å²) in [5, 5.41) is 6.48. The summed E-state index contributed by atoms with van der Waals surface area (Å²) in [4.78, 5) is 15.4. The van der Waals surface area contributed by atoms with Crippen LogP contribution in [-0.4, -0.2) is 55.4 Å². The van der Waals surface area contributed by atoms with Crippen molar-refractivity contribution in [2.24, 2.45) is 5.10 Å². The molecule has 0 aliphatic carbocycles. The Morgan fingerprint density at radius 2 is 1.73 bits per heavy atom. The monoisotopic (exact) mass is 407 g/mol. The van der Waals surface area contributed by atoms with Gasteiger partial charge in [0.05, 0.1) is 32.5 Å². The standard InChI is InChI=1S/C24H29N3O3/c1-17-6-8-18(9-7-17)21-15-20(19-10-11-22(29-2)23(14-19)30-3)25-27(21)24(28)16-26-12-4-5-13-26/h6-11,14,21H,4-5,12-13,15-16H2,1-3H3. The fourth-order valence-electron chi connectivity index (χ4n) is 4.18. The average Bonchev–Trinajstić information content (AvgIpc) is 3.44. The van der Waals surface area contributed by atoms with Crippen molar-refractivity contribution in [3.63, 3.8) is 0 Å². The maximum Gasteiger partial charge on any atom is 0.257 e. The second kappa shape index (κ2) is 8.88. The van der Waals surface area contributed by atoms with Gasteiger partial charge in [-0.1, -0.05) is 29.8 Å². The molecule has 1 saturated heterocycles. The highest BCUT2D eigenvalue weighted by Gasteiger charge is 2.34. The second-order valence-corrected chi connectivity index (χ2v) is 7.97. The van der Waals surface area contributed by atoms with Crippen LogP contribution >= 0.6 is 0 Å². The van der Waals surface area contributed by atoms with E-state index in [0.717, 1.165) is 42.8 Å². The number of aryl methyl sites for hydroxylation is 1. The summed E-state index contributed by atoms with van der Waals surface area (Å²) in [7, 11) is 3.25. The number of rotatable bonds is 6. The Hall–Kier alpha value is -2.86. The van der Waals surface area contributed by atoms with Gasteiger partial charge in [0.15, 0.2) is 11.5 Å². The molecule has 1 fully saturated rings. The van der Waals surface area contributed by atoms with E-state index >= 15 is 0 Å². The van der Waals surface area contributed by atoms with Gasteiger partial charge in [0.25, 0.3) is 5.91 Å². The predicted molar refractivity (Wildman–Crippen MR) is 117 cm³/mol. The van der Waals surface area contributed by atoms with Crippen molar-refractivity contribution in [1.82, 2.24) is 9.91 Å². The van der Waals surface area contributed by atoms with Crippen molar-refractivity contribution in [1.29, 1.82) is 0 Å². The molecule has 2 aliphatic heterocycles. The van der Waals surface area contributed by atoms with Crippen LogP contribution in [0.25, 0.3) is 0 Å². The van der Waals surface area contributed by atoms with Crippen LogP contribution < -0.4 is 9.47 Å². The number of hydrogen-bond donors (Lipinski definition) is 0. The number of nitrogens with zero attached hydrogens (tertiary/aromatic N) is 3. The van der Waals surface area contributed by atoms with Gasteiger partial charge < -0.3 is 9.47 Å². The fraction of sp³-hybridized carbons (Fsp3) is 0.417. The fourth-order valence-corrected chi connectivity index (χ4v) is 4.18. The van der Waals surface area contributed by atoms with E-state index in [-0.39, 0.29) is 11.9 Å². The lowest BCUT2D eigenvalue weighted by atomic mass is 9.97. The summed E-state index contributed by atoms with van der Waals surface area (Å²) in [5.41, 5.74) is 4.14. The number of likely N-dealkylation sites (tertiary alicyclic amines) is 1. The Labute approximate surface area is 178 Å². The van der Waals surface area contributed by atoms with Gasteiger partial charge in [-0.2, -0.15) is 5.10 Å². The molecule has 2 heterocycles. The zero-order valence-corrected chi connectivity index (χ0v) is 17.9. The summed E-state index contributed by atoms with van der Waals surface area (Å²) >= 11 is 0. The molecule has 0 bridgehead atoms. The van der Waals surface area contributed by atoms with Crippen LogP contribution in [0.4, 0.5) is 0 Å². The normalized spacial score (nSPS) is 19.1. The summed E-state index contributed by atoms with van der Waals surface area (Å²) < 4.78 is 10.8. The van der Waals surface area contributed by atoms with Crippen LogP contribution in [0.15, 0.2) is 47.6 Å². The molecule has 0 saturated carbocycles. The third-order valence-corrected chi connectivity index (χ3v) is 5.90. The van der Waals surface area contributed by atoms with Crippen LogP contribution in [0.3, 0.4) is 0 Å². The summed E-state index contributed by atoms with van der Waals surface area (Å²) in [6.07, 6.45) is 2.99. The zero-order chi connectivity index (χ0) is 21.1. The molecule has 2 aliphatic rings. The van der Waals surface area contributed by atoms with Crippen molar-refractivity contribution >= 4 is 11.6 Å². The topological polar surface area (TPSA) is 54.4 Å². The molecule has 2 aromatic carbocycles. The largest absolute Gasteiger partial charge is 0.493 e. The third kappa shape index (κ3) is 4.19. The number of carbonyl (C=O) groups excluding carboxylic acids is 1. The van der Waals surface area contributed by atoms with Crippen LogP contribution in [0, 0.1) is 6.92 Å². The molecule has 4 rings (SSSR count). The minimum atomic E-state index is -0.0937. The number of hydrazone groups is 1. The number of ether oxygens (including phenoxy) is 2. The maximum atomic E-state index is 13.2. The SMILES string of the molecule is COc1ccc(C2=NN(C(=O)CN3CCCC3)C(c3ccc(C)cc3)C2)cc1OC. The number of benzene rings is 2. The number of amides is 1. The number of carbonyl (C=O) groups is 1. The van der Waals surface area contributed by atoms with Gasteiger partial charge in [-0.05, 0) is 56.6 Å². The van der Waals surface area contributed by atoms with Crippen molar-refractivity contribution in [3.05, 3.63) is 59.2 Å². The summed E-state index contributed by atoms with van der Waals surface area (Å²) in [6, 6.07) is 14.1. The van der Waals surface area contributed by atoms with E-state index in [9.17, 15) is 4.79 Å². The molecule has 158 valence electrons. The van der Waals surface area contributed by atoms with Gasteiger partial charge in [0.2, 0.25) is 0 Å². The molecule has 0 N–H and O–H groups in total. The Kier molecular flexibility index (Phi) is 6.04. The van der Waals surface area contributed by atoms with Gasteiger partial charge >= 0.3 is 0 Å². The highest BCUT2D eigenvalue weighted by molar-refractivity contribution is 6.03. The highest BCUT2D eigenvalue weighted by Crippen LogP contribution is 2.35. The van der Waals surface area contributed by atoms with Crippen molar-refractivity contribution in [2.75, 3.05) is 33.9 Å². The first-order valence-corrected chi connectivity index (χ1v) is 10.5. The Morgan fingerprint density at radius 1 is 1.03 bits per heavy atom. The minimum absolute atomic E-state index is 0.0537. The van der Waals surface area contributed by atoms with Gasteiger partial charge in [0.1, 0.15) is 0 Å². The summed E-state index contributed by atoms with van der Waals surface area (Å²) in [6.45, 7) is 4.47. The molecular formula is C24H29N3O3. The third-order valence-electron chi connectivity index (χ3n) is 5.90. The summed E-state index contributed by atoms with van der Waals surface area (Å²) in [5.74, 6) is 1.39. The maximum absolute atomic E-state index is 13.2. The first-order valence-electron chi connectivity index (χ1n) is 10.5. The highest BCUT2D eigenvalue weighted by atomic mass is 16.5. The van der Waals surface area contributed by atoms with Gasteiger partial charge in [-0.25, -0.2) is 5.01 Å².